The second kappa shape index (κ2) is 3.59. The molecule has 0 aliphatic carbocycles. The fourth-order valence-electron chi connectivity index (χ4n) is 0.707. The smallest absolute Gasteiger partial charge is 0.358 e. The number of halogens is 1. The molecule has 0 aliphatic heterocycles. The van der Waals surface area contributed by atoms with Crippen LogP contribution in [-0.2, 0) is 6.54 Å². The quantitative estimate of drug-likeness (QED) is 0.472. The Labute approximate surface area is 76.9 Å². The van der Waals surface area contributed by atoms with E-state index in [0.717, 1.165) is 5.56 Å². The second-order valence-electron chi connectivity index (χ2n) is 2.08. The molecule has 12 heavy (non-hydrogen) atoms. The van der Waals surface area contributed by atoms with Gasteiger partial charge in [0.15, 0.2) is 0 Å². The maximum atomic E-state index is 10.2. The molecule has 2 N–H and O–H groups in total. The van der Waals surface area contributed by atoms with Crippen LogP contribution in [0, 0.1) is 10.1 Å². The molecule has 0 saturated heterocycles. The number of nitro groups is 1. The molecule has 1 rings (SSSR count). The van der Waals surface area contributed by atoms with Gasteiger partial charge in [0.2, 0.25) is 4.60 Å². The lowest BCUT2D eigenvalue weighted by Crippen LogP contribution is -2.00. The molecular formula is C6H6BrN3O2. The molecule has 0 aromatic carbocycles. The van der Waals surface area contributed by atoms with E-state index < -0.39 is 4.92 Å². The highest BCUT2D eigenvalue weighted by molar-refractivity contribution is 9.10. The van der Waals surface area contributed by atoms with Crippen molar-refractivity contribution < 1.29 is 4.92 Å². The minimum atomic E-state index is -0.551. The van der Waals surface area contributed by atoms with Crippen LogP contribution in [0.3, 0.4) is 0 Å². The van der Waals surface area contributed by atoms with Crippen LogP contribution in [0.2, 0.25) is 0 Å². The summed E-state index contributed by atoms with van der Waals surface area (Å²) >= 11 is 3.08. The topological polar surface area (TPSA) is 82.0 Å². The molecule has 0 unspecified atom stereocenters. The number of pyridine rings is 1. The van der Waals surface area contributed by atoms with Crippen molar-refractivity contribution >= 4 is 21.7 Å². The maximum absolute atomic E-state index is 10.2. The number of hydrogen-bond donors (Lipinski definition) is 1. The standard InChI is InChI=1S/C6H6BrN3O2/c7-6-4(3-8)1-2-5(9-6)10(11)12/h1-2H,3,8H2. The van der Waals surface area contributed by atoms with E-state index >= 15 is 0 Å². The first-order valence-electron chi connectivity index (χ1n) is 3.15. The van der Waals surface area contributed by atoms with Gasteiger partial charge < -0.3 is 15.8 Å². The molecule has 0 saturated carbocycles. The molecule has 0 radical (unpaired) electrons. The Morgan fingerprint density at radius 2 is 2.33 bits per heavy atom. The van der Waals surface area contributed by atoms with Crippen molar-refractivity contribution in [1.82, 2.24) is 4.98 Å². The van der Waals surface area contributed by atoms with Crippen LogP contribution in [0.25, 0.3) is 0 Å². The zero-order valence-corrected chi connectivity index (χ0v) is 7.61. The van der Waals surface area contributed by atoms with Crippen LogP contribution in [0.5, 0.6) is 0 Å². The van der Waals surface area contributed by atoms with Gasteiger partial charge in [-0.2, -0.15) is 0 Å². The molecule has 1 aromatic heterocycles. The van der Waals surface area contributed by atoms with Gasteiger partial charge in [0.25, 0.3) is 0 Å². The average molecular weight is 232 g/mol. The Hall–Kier alpha value is -1.01. The Morgan fingerprint density at radius 3 is 2.75 bits per heavy atom. The normalized spacial score (nSPS) is 9.83. The fourth-order valence-corrected chi connectivity index (χ4v) is 1.18. The van der Waals surface area contributed by atoms with Crippen LogP contribution in [0.1, 0.15) is 5.56 Å². The molecule has 0 fully saturated rings. The van der Waals surface area contributed by atoms with Gasteiger partial charge in [-0.3, -0.25) is 0 Å². The molecular weight excluding hydrogens is 226 g/mol. The van der Waals surface area contributed by atoms with Gasteiger partial charge in [-0.25, -0.2) is 0 Å². The monoisotopic (exact) mass is 231 g/mol. The van der Waals surface area contributed by atoms with Crippen LogP contribution in [0.4, 0.5) is 5.82 Å². The molecule has 0 bridgehead atoms. The highest BCUT2D eigenvalue weighted by Gasteiger charge is 2.11. The van der Waals surface area contributed by atoms with Crippen LogP contribution in [0.15, 0.2) is 16.7 Å². The van der Waals surface area contributed by atoms with Crippen molar-refractivity contribution in [2.75, 3.05) is 0 Å². The van der Waals surface area contributed by atoms with Gasteiger partial charge in [0.1, 0.15) is 0 Å². The highest BCUT2D eigenvalue weighted by atomic mass is 79.9. The van der Waals surface area contributed by atoms with E-state index in [9.17, 15) is 10.1 Å². The van der Waals surface area contributed by atoms with Gasteiger partial charge in [-0.15, -0.1) is 0 Å². The van der Waals surface area contributed by atoms with Crippen LogP contribution < -0.4 is 5.73 Å². The van der Waals surface area contributed by atoms with Crippen LogP contribution >= 0.6 is 15.9 Å². The van der Waals surface area contributed by atoms with Gasteiger partial charge in [0.05, 0.1) is 0 Å². The summed E-state index contributed by atoms with van der Waals surface area (Å²) in [5.74, 6) is -0.181. The molecule has 1 heterocycles. The Balaban J connectivity index is 3.10. The number of hydrogen-bond acceptors (Lipinski definition) is 4. The van der Waals surface area contributed by atoms with Gasteiger partial charge >= 0.3 is 5.82 Å². The first-order valence-corrected chi connectivity index (χ1v) is 3.94. The summed E-state index contributed by atoms with van der Waals surface area (Å²) < 4.78 is 0.430. The number of nitrogens with zero attached hydrogens (tertiary/aromatic N) is 2. The summed E-state index contributed by atoms with van der Waals surface area (Å²) in [6.07, 6.45) is 0. The lowest BCUT2D eigenvalue weighted by molar-refractivity contribution is -0.389. The number of aromatic nitrogens is 1. The summed E-state index contributed by atoms with van der Waals surface area (Å²) in [6, 6.07) is 2.90. The summed E-state index contributed by atoms with van der Waals surface area (Å²) in [7, 11) is 0. The zero-order chi connectivity index (χ0) is 9.14. The number of nitrogens with two attached hydrogens (primary N) is 1. The first kappa shape index (κ1) is 9.08. The van der Waals surface area contributed by atoms with Crippen molar-refractivity contribution in [3.8, 4) is 0 Å². The fraction of sp³-hybridized carbons (Fsp3) is 0.167. The predicted octanol–water partition coefficient (Wildman–Crippen LogP) is 1.21. The Kier molecular flexibility index (Phi) is 2.72. The summed E-state index contributed by atoms with van der Waals surface area (Å²) in [4.78, 5) is 13.4. The Morgan fingerprint density at radius 1 is 1.67 bits per heavy atom. The zero-order valence-electron chi connectivity index (χ0n) is 6.03. The third kappa shape index (κ3) is 1.77. The SMILES string of the molecule is NCc1ccc([N+](=O)[O-])nc1Br. The van der Waals surface area contributed by atoms with Crippen molar-refractivity contribution in [3.63, 3.8) is 0 Å². The van der Waals surface area contributed by atoms with Crippen LogP contribution in [-0.4, -0.2) is 9.91 Å². The molecule has 6 heteroatoms. The first-order chi connectivity index (χ1) is 5.65. The largest absolute Gasteiger partial charge is 0.364 e. The predicted molar refractivity (Wildman–Crippen MR) is 46.5 cm³/mol. The molecule has 5 nitrogen and oxygen atoms in total. The van der Waals surface area contributed by atoms with E-state index in [1.807, 2.05) is 0 Å². The summed E-state index contributed by atoms with van der Waals surface area (Å²) in [5.41, 5.74) is 6.09. The van der Waals surface area contributed by atoms with Crippen molar-refractivity contribution in [3.05, 3.63) is 32.4 Å². The van der Waals surface area contributed by atoms with E-state index in [1.54, 1.807) is 6.07 Å². The molecule has 64 valence electrons. The highest BCUT2D eigenvalue weighted by Crippen LogP contribution is 2.17. The summed E-state index contributed by atoms with van der Waals surface area (Å²) in [5, 5.41) is 10.2. The lowest BCUT2D eigenvalue weighted by Gasteiger charge is -1.95. The average Bonchev–Trinajstić information content (AvgIpc) is 2.04. The lowest BCUT2D eigenvalue weighted by atomic mass is 10.3. The molecule has 0 aliphatic rings. The van der Waals surface area contributed by atoms with Gasteiger partial charge in [0, 0.05) is 34.1 Å². The summed E-state index contributed by atoms with van der Waals surface area (Å²) in [6.45, 7) is 0.311. The van der Waals surface area contributed by atoms with Gasteiger partial charge in [-0.05, 0) is 16.0 Å². The van der Waals surface area contributed by atoms with E-state index in [4.69, 9.17) is 5.73 Å². The molecule has 0 amide bonds. The maximum Gasteiger partial charge on any atom is 0.364 e. The molecule has 1 aromatic rings. The Bertz CT molecular complexity index is 316. The third-order valence-corrected chi connectivity index (χ3v) is 2.00. The third-order valence-electron chi connectivity index (χ3n) is 1.32. The van der Waals surface area contributed by atoms with Crippen molar-refractivity contribution in [2.45, 2.75) is 6.54 Å². The van der Waals surface area contributed by atoms with E-state index in [2.05, 4.69) is 20.9 Å². The second-order valence-corrected chi connectivity index (χ2v) is 2.83. The minimum Gasteiger partial charge on any atom is -0.358 e. The number of rotatable bonds is 2. The van der Waals surface area contributed by atoms with E-state index in [1.165, 1.54) is 6.07 Å². The molecule has 0 atom stereocenters. The van der Waals surface area contributed by atoms with Crippen molar-refractivity contribution in [1.29, 1.82) is 0 Å². The van der Waals surface area contributed by atoms with Crippen molar-refractivity contribution in [2.24, 2.45) is 5.73 Å². The molecule has 0 spiro atoms. The van der Waals surface area contributed by atoms with Gasteiger partial charge in [-0.1, -0.05) is 0 Å². The van der Waals surface area contributed by atoms with E-state index in [-0.39, 0.29) is 5.82 Å². The minimum absolute atomic E-state index is 0.181. The van der Waals surface area contributed by atoms with E-state index in [0.29, 0.717) is 11.1 Å².